The third-order valence-electron chi connectivity index (χ3n) is 3.55. The van der Waals surface area contributed by atoms with E-state index in [9.17, 15) is 4.79 Å². The predicted octanol–water partition coefficient (Wildman–Crippen LogP) is 1.35. The van der Waals surface area contributed by atoms with Gasteiger partial charge >= 0.3 is 0 Å². The molecule has 1 aliphatic heterocycles. The van der Waals surface area contributed by atoms with E-state index in [0.717, 1.165) is 19.5 Å². The number of aryl methyl sites for hydroxylation is 1. The van der Waals surface area contributed by atoms with E-state index in [0.29, 0.717) is 18.3 Å². The molecule has 0 radical (unpaired) electrons. The van der Waals surface area contributed by atoms with Crippen LogP contribution in [0.2, 0.25) is 0 Å². The lowest BCUT2D eigenvalue weighted by Gasteiger charge is -2.21. The van der Waals surface area contributed by atoms with Gasteiger partial charge in [-0.25, -0.2) is 4.98 Å². The number of aromatic nitrogens is 2. The molecule has 2 unspecified atom stereocenters. The zero-order valence-corrected chi connectivity index (χ0v) is 9.94. The van der Waals surface area contributed by atoms with Crippen molar-refractivity contribution in [1.29, 1.82) is 0 Å². The summed E-state index contributed by atoms with van der Waals surface area (Å²) in [7, 11) is 0. The molecule has 2 rings (SSSR count). The maximum absolute atomic E-state index is 11.2. The monoisotopic (exact) mass is 221 g/mol. The van der Waals surface area contributed by atoms with Crippen molar-refractivity contribution in [2.45, 2.75) is 33.2 Å². The van der Waals surface area contributed by atoms with Crippen LogP contribution < -0.4 is 5.32 Å². The molecule has 0 spiro atoms. The van der Waals surface area contributed by atoms with Gasteiger partial charge in [0.15, 0.2) is 0 Å². The lowest BCUT2D eigenvalue weighted by Crippen LogP contribution is -2.22. The number of amides is 1. The van der Waals surface area contributed by atoms with Crippen LogP contribution in [0.25, 0.3) is 0 Å². The molecular weight excluding hydrogens is 202 g/mol. The van der Waals surface area contributed by atoms with Gasteiger partial charge in [0.2, 0.25) is 5.91 Å². The average molecular weight is 221 g/mol. The lowest BCUT2D eigenvalue weighted by molar-refractivity contribution is -0.119. The SMILES string of the molecule is CCC(Cn1cncc1C)C1CNC(=O)C1. The second-order valence-electron chi connectivity index (χ2n) is 4.62. The molecule has 0 aromatic carbocycles. The predicted molar refractivity (Wildman–Crippen MR) is 61.9 cm³/mol. The normalized spacial score (nSPS) is 22.1. The van der Waals surface area contributed by atoms with E-state index in [-0.39, 0.29) is 5.91 Å². The van der Waals surface area contributed by atoms with Crippen LogP contribution in [0.5, 0.6) is 0 Å². The summed E-state index contributed by atoms with van der Waals surface area (Å²) in [6.07, 6.45) is 5.55. The molecule has 1 amide bonds. The first-order valence-electron chi connectivity index (χ1n) is 5.94. The summed E-state index contributed by atoms with van der Waals surface area (Å²) in [6, 6.07) is 0. The standard InChI is InChI=1S/C12H19N3O/c1-3-10(11-4-12(16)14-6-11)7-15-8-13-5-9(15)2/h5,8,10-11H,3-4,6-7H2,1-2H3,(H,14,16). The molecule has 1 saturated heterocycles. The highest BCUT2D eigenvalue weighted by molar-refractivity contribution is 5.78. The van der Waals surface area contributed by atoms with Crippen molar-refractivity contribution in [3.63, 3.8) is 0 Å². The fourth-order valence-electron chi connectivity index (χ4n) is 2.40. The number of hydrogen-bond donors (Lipinski definition) is 1. The fourth-order valence-corrected chi connectivity index (χ4v) is 2.40. The van der Waals surface area contributed by atoms with Crippen LogP contribution in [0.1, 0.15) is 25.5 Å². The third kappa shape index (κ3) is 2.26. The van der Waals surface area contributed by atoms with Crippen molar-refractivity contribution >= 4 is 5.91 Å². The highest BCUT2D eigenvalue weighted by Crippen LogP contribution is 2.24. The van der Waals surface area contributed by atoms with Crippen molar-refractivity contribution in [3.8, 4) is 0 Å². The van der Waals surface area contributed by atoms with Crippen LogP contribution in [0.15, 0.2) is 12.5 Å². The Morgan fingerprint density at radius 3 is 3.00 bits per heavy atom. The van der Waals surface area contributed by atoms with Gasteiger partial charge in [0, 0.05) is 31.4 Å². The Balaban J connectivity index is 2.01. The van der Waals surface area contributed by atoms with E-state index in [2.05, 4.69) is 28.7 Å². The smallest absolute Gasteiger partial charge is 0.220 e. The Labute approximate surface area is 96.1 Å². The number of rotatable bonds is 4. The molecule has 2 heterocycles. The number of nitrogens with one attached hydrogen (secondary N) is 1. The summed E-state index contributed by atoms with van der Waals surface area (Å²) >= 11 is 0. The zero-order chi connectivity index (χ0) is 11.5. The van der Waals surface area contributed by atoms with Crippen LogP contribution in [0.3, 0.4) is 0 Å². The number of imidazole rings is 1. The Morgan fingerprint density at radius 2 is 2.50 bits per heavy atom. The second-order valence-corrected chi connectivity index (χ2v) is 4.62. The Morgan fingerprint density at radius 1 is 1.69 bits per heavy atom. The molecule has 1 fully saturated rings. The van der Waals surface area contributed by atoms with Gasteiger partial charge < -0.3 is 9.88 Å². The third-order valence-corrected chi connectivity index (χ3v) is 3.55. The van der Waals surface area contributed by atoms with Gasteiger partial charge in [-0.15, -0.1) is 0 Å². The Kier molecular flexibility index (Phi) is 3.27. The minimum atomic E-state index is 0.200. The largest absolute Gasteiger partial charge is 0.356 e. The maximum Gasteiger partial charge on any atom is 0.220 e. The molecule has 1 aromatic heterocycles. The van der Waals surface area contributed by atoms with Crippen LogP contribution >= 0.6 is 0 Å². The molecule has 1 aromatic rings. The highest BCUT2D eigenvalue weighted by atomic mass is 16.1. The highest BCUT2D eigenvalue weighted by Gasteiger charge is 2.28. The van der Waals surface area contributed by atoms with Crippen LogP contribution in [0.4, 0.5) is 0 Å². The molecule has 0 saturated carbocycles. The maximum atomic E-state index is 11.2. The van der Waals surface area contributed by atoms with E-state index >= 15 is 0 Å². The van der Waals surface area contributed by atoms with Crippen molar-refractivity contribution in [2.75, 3.05) is 6.54 Å². The van der Waals surface area contributed by atoms with Gasteiger partial charge in [-0.3, -0.25) is 4.79 Å². The molecule has 0 bridgehead atoms. The van der Waals surface area contributed by atoms with E-state index in [1.54, 1.807) is 0 Å². The quantitative estimate of drug-likeness (QED) is 0.834. The first-order chi connectivity index (χ1) is 7.70. The topological polar surface area (TPSA) is 46.9 Å². The molecule has 4 nitrogen and oxygen atoms in total. The summed E-state index contributed by atoms with van der Waals surface area (Å²) in [5, 5.41) is 2.91. The molecule has 1 aliphatic rings. The molecule has 4 heteroatoms. The van der Waals surface area contributed by atoms with Crippen molar-refractivity contribution in [3.05, 3.63) is 18.2 Å². The molecule has 2 atom stereocenters. The number of carbonyl (C=O) groups is 1. The summed E-state index contributed by atoms with van der Waals surface area (Å²) in [6.45, 7) is 6.07. The average Bonchev–Trinajstić information content (AvgIpc) is 2.85. The zero-order valence-electron chi connectivity index (χ0n) is 9.94. The number of nitrogens with zero attached hydrogens (tertiary/aromatic N) is 2. The van der Waals surface area contributed by atoms with E-state index in [4.69, 9.17) is 0 Å². The summed E-state index contributed by atoms with van der Waals surface area (Å²) in [5.74, 6) is 1.25. The minimum absolute atomic E-state index is 0.200. The Bertz CT molecular complexity index is 372. The van der Waals surface area contributed by atoms with Gasteiger partial charge in [-0.2, -0.15) is 0 Å². The summed E-state index contributed by atoms with van der Waals surface area (Å²) in [5.41, 5.74) is 1.19. The van der Waals surface area contributed by atoms with Crippen molar-refractivity contribution < 1.29 is 4.79 Å². The van der Waals surface area contributed by atoms with E-state index in [1.807, 2.05) is 12.5 Å². The molecule has 88 valence electrons. The molecular formula is C12H19N3O. The molecule has 0 aliphatic carbocycles. The van der Waals surface area contributed by atoms with Crippen LogP contribution in [-0.4, -0.2) is 22.0 Å². The van der Waals surface area contributed by atoms with Gasteiger partial charge in [-0.1, -0.05) is 13.3 Å². The number of carbonyl (C=O) groups excluding carboxylic acids is 1. The first-order valence-corrected chi connectivity index (χ1v) is 5.94. The number of hydrogen-bond acceptors (Lipinski definition) is 2. The first kappa shape index (κ1) is 11.2. The van der Waals surface area contributed by atoms with Crippen LogP contribution in [-0.2, 0) is 11.3 Å². The van der Waals surface area contributed by atoms with Gasteiger partial charge in [0.1, 0.15) is 0 Å². The van der Waals surface area contributed by atoms with Gasteiger partial charge in [-0.05, 0) is 18.8 Å². The van der Waals surface area contributed by atoms with Crippen molar-refractivity contribution in [2.24, 2.45) is 11.8 Å². The summed E-state index contributed by atoms with van der Waals surface area (Å²) in [4.78, 5) is 15.3. The van der Waals surface area contributed by atoms with E-state index < -0.39 is 0 Å². The molecule has 16 heavy (non-hydrogen) atoms. The lowest BCUT2D eigenvalue weighted by atomic mass is 9.89. The fraction of sp³-hybridized carbons (Fsp3) is 0.667. The van der Waals surface area contributed by atoms with Gasteiger partial charge in [0.25, 0.3) is 0 Å². The Hall–Kier alpha value is -1.32. The summed E-state index contributed by atoms with van der Waals surface area (Å²) < 4.78 is 2.18. The van der Waals surface area contributed by atoms with Crippen LogP contribution in [0, 0.1) is 18.8 Å². The van der Waals surface area contributed by atoms with Gasteiger partial charge in [0.05, 0.1) is 6.33 Å². The van der Waals surface area contributed by atoms with E-state index in [1.165, 1.54) is 5.69 Å². The van der Waals surface area contributed by atoms with Crippen molar-refractivity contribution in [1.82, 2.24) is 14.9 Å². The molecule has 1 N–H and O–H groups in total. The minimum Gasteiger partial charge on any atom is -0.356 e. The second kappa shape index (κ2) is 4.68.